The lowest BCUT2D eigenvalue weighted by Gasteiger charge is -2.17. The van der Waals surface area contributed by atoms with E-state index in [1.165, 1.54) is 25.0 Å². The molecule has 158 valence electrons. The van der Waals surface area contributed by atoms with E-state index in [9.17, 15) is 19.2 Å². The van der Waals surface area contributed by atoms with E-state index in [4.69, 9.17) is 0 Å². The summed E-state index contributed by atoms with van der Waals surface area (Å²) in [6, 6.07) is 8.21. The Balaban J connectivity index is 1.69. The molecular formula is C20H24N6O4. The van der Waals surface area contributed by atoms with Crippen molar-refractivity contribution in [3.63, 3.8) is 0 Å². The number of aryl methyl sites for hydroxylation is 2. The van der Waals surface area contributed by atoms with Crippen LogP contribution in [0.2, 0.25) is 0 Å². The molecule has 0 unspecified atom stereocenters. The van der Waals surface area contributed by atoms with Crippen LogP contribution in [0, 0.1) is 0 Å². The van der Waals surface area contributed by atoms with Crippen molar-refractivity contribution in [2.75, 3.05) is 7.05 Å². The number of rotatable bonds is 7. The van der Waals surface area contributed by atoms with E-state index in [2.05, 4.69) is 15.6 Å². The zero-order valence-corrected chi connectivity index (χ0v) is 17.1. The molecule has 1 atom stereocenters. The third-order valence-electron chi connectivity index (χ3n) is 4.97. The molecule has 10 nitrogen and oxygen atoms in total. The summed E-state index contributed by atoms with van der Waals surface area (Å²) >= 11 is 0. The number of fused-ring (bicyclic) bond motifs is 1. The van der Waals surface area contributed by atoms with Crippen LogP contribution in [-0.2, 0) is 30.2 Å². The average molecular weight is 412 g/mol. The van der Waals surface area contributed by atoms with Crippen molar-refractivity contribution in [1.29, 1.82) is 0 Å². The van der Waals surface area contributed by atoms with E-state index in [-0.39, 0.29) is 18.2 Å². The van der Waals surface area contributed by atoms with Gasteiger partial charge in [-0.15, -0.1) is 0 Å². The number of aromatic nitrogens is 4. The van der Waals surface area contributed by atoms with Crippen molar-refractivity contribution in [2.45, 2.75) is 25.4 Å². The Morgan fingerprint density at radius 2 is 1.80 bits per heavy atom. The first-order valence-electron chi connectivity index (χ1n) is 9.52. The molecule has 0 fully saturated rings. The van der Waals surface area contributed by atoms with Gasteiger partial charge in [-0.25, -0.2) is 9.78 Å². The maximum absolute atomic E-state index is 12.5. The molecular weight excluding hydrogens is 388 g/mol. The van der Waals surface area contributed by atoms with Crippen LogP contribution in [0.25, 0.3) is 11.2 Å². The predicted octanol–water partition coefficient (Wildman–Crippen LogP) is -0.183. The fourth-order valence-electron chi connectivity index (χ4n) is 3.30. The topological polar surface area (TPSA) is 120 Å². The number of nitrogens with one attached hydrogen (secondary N) is 2. The molecule has 0 spiro atoms. The third kappa shape index (κ3) is 4.02. The van der Waals surface area contributed by atoms with Crippen LogP contribution in [-0.4, -0.2) is 37.5 Å². The van der Waals surface area contributed by atoms with Crippen LogP contribution >= 0.6 is 0 Å². The standard InChI is InChI=1S/C20H24N6O4/c1-21-18(28)15(13-8-5-4-6-9-13)23-14(27)10-7-11-26-12-22-17-16(26)19(29)25(3)20(30)24(17)2/h4-6,8-9,12,15H,7,10-11H2,1-3H3,(H,21,28)(H,23,27)/t15-/m1/s1. The summed E-state index contributed by atoms with van der Waals surface area (Å²) in [5, 5.41) is 5.31. The Kier molecular flexibility index (Phi) is 6.14. The first-order valence-corrected chi connectivity index (χ1v) is 9.52. The van der Waals surface area contributed by atoms with E-state index in [0.29, 0.717) is 29.7 Å². The average Bonchev–Trinajstić information content (AvgIpc) is 3.18. The molecule has 0 saturated carbocycles. The lowest BCUT2D eigenvalue weighted by Crippen LogP contribution is -2.39. The molecule has 2 heterocycles. The zero-order chi connectivity index (χ0) is 21.8. The summed E-state index contributed by atoms with van der Waals surface area (Å²) in [5.74, 6) is -0.586. The first-order chi connectivity index (χ1) is 14.3. The van der Waals surface area contributed by atoms with Crippen LogP contribution in [0.3, 0.4) is 0 Å². The van der Waals surface area contributed by atoms with E-state index in [0.717, 1.165) is 4.57 Å². The first kappa shape index (κ1) is 21.0. The lowest BCUT2D eigenvalue weighted by molar-refractivity contribution is -0.129. The zero-order valence-electron chi connectivity index (χ0n) is 17.1. The quantitative estimate of drug-likeness (QED) is 0.558. The number of hydrogen-bond acceptors (Lipinski definition) is 5. The monoisotopic (exact) mass is 412 g/mol. The van der Waals surface area contributed by atoms with Gasteiger partial charge in [-0.1, -0.05) is 30.3 Å². The molecule has 10 heteroatoms. The van der Waals surface area contributed by atoms with Crippen molar-refractivity contribution < 1.29 is 9.59 Å². The number of carbonyl (C=O) groups is 2. The van der Waals surface area contributed by atoms with E-state index >= 15 is 0 Å². The van der Waals surface area contributed by atoms with Gasteiger partial charge < -0.3 is 15.2 Å². The highest BCUT2D eigenvalue weighted by atomic mass is 16.2. The smallest absolute Gasteiger partial charge is 0.332 e. The van der Waals surface area contributed by atoms with Gasteiger partial charge in [0.1, 0.15) is 6.04 Å². The van der Waals surface area contributed by atoms with Gasteiger partial charge in [0.15, 0.2) is 11.2 Å². The van der Waals surface area contributed by atoms with Crippen LogP contribution in [0.5, 0.6) is 0 Å². The largest absolute Gasteiger partial charge is 0.357 e. The molecule has 0 saturated heterocycles. The van der Waals surface area contributed by atoms with Gasteiger partial charge in [0.2, 0.25) is 11.8 Å². The summed E-state index contributed by atoms with van der Waals surface area (Å²) in [6.45, 7) is 0.368. The minimum atomic E-state index is -0.778. The Labute approximate surface area is 172 Å². The van der Waals surface area contributed by atoms with Crippen molar-refractivity contribution in [1.82, 2.24) is 29.3 Å². The third-order valence-corrected chi connectivity index (χ3v) is 4.97. The Hall–Kier alpha value is -3.69. The van der Waals surface area contributed by atoms with Gasteiger partial charge in [0.25, 0.3) is 5.56 Å². The van der Waals surface area contributed by atoms with Crippen molar-refractivity contribution >= 4 is 23.0 Å². The predicted molar refractivity (Wildman–Crippen MR) is 111 cm³/mol. The number of carbonyl (C=O) groups excluding carboxylic acids is 2. The minimum Gasteiger partial charge on any atom is -0.357 e. The molecule has 1 aromatic carbocycles. The molecule has 2 aromatic heterocycles. The summed E-state index contributed by atoms with van der Waals surface area (Å²) in [5.41, 5.74) is 0.427. The number of amides is 2. The second-order valence-electron chi connectivity index (χ2n) is 6.94. The molecule has 0 aliphatic carbocycles. The van der Waals surface area contributed by atoms with Gasteiger partial charge in [0.05, 0.1) is 6.33 Å². The highest BCUT2D eigenvalue weighted by Crippen LogP contribution is 2.13. The normalized spacial score (nSPS) is 12.0. The molecule has 30 heavy (non-hydrogen) atoms. The van der Waals surface area contributed by atoms with Crippen LogP contribution in [0.1, 0.15) is 24.4 Å². The number of nitrogens with zero attached hydrogens (tertiary/aromatic N) is 4. The van der Waals surface area contributed by atoms with Gasteiger partial charge in [0, 0.05) is 34.1 Å². The molecule has 0 bridgehead atoms. The molecule has 0 aliphatic rings. The fourth-order valence-corrected chi connectivity index (χ4v) is 3.30. The van der Waals surface area contributed by atoms with Crippen LogP contribution in [0.4, 0.5) is 0 Å². The second kappa shape index (κ2) is 8.76. The van der Waals surface area contributed by atoms with E-state index in [1.54, 1.807) is 35.9 Å². The van der Waals surface area contributed by atoms with Gasteiger partial charge in [-0.2, -0.15) is 0 Å². The lowest BCUT2D eigenvalue weighted by atomic mass is 10.1. The Morgan fingerprint density at radius 1 is 1.10 bits per heavy atom. The number of imidazole rings is 1. The second-order valence-corrected chi connectivity index (χ2v) is 6.94. The number of benzene rings is 1. The summed E-state index contributed by atoms with van der Waals surface area (Å²) < 4.78 is 3.98. The minimum absolute atomic E-state index is 0.159. The van der Waals surface area contributed by atoms with Crippen LogP contribution < -0.4 is 21.9 Å². The molecule has 2 amide bonds. The van der Waals surface area contributed by atoms with Crippen LogP contribution in [0.15, 0.2) is 46.2 Å². The summed E-state index contributed by atoms with van der Waals surface area (Å²) in [4.78, 5) is 53.2. The Morgan fingerprint density at radius 3 is 2.47 bits per heavy atom. The van der Waals surface area contributed by atoms with Gasteiger partial charge in [-0.3, -0.25) is 23.5 Å². The van der Waals surface area contributed by atoms with Crippen molar-refractivity contribution in [3.8, 4) is 0 Å². The summed E-state index contributed by atoms with van der Waals surface area (Å²) in [6.07, 6.45) is 2.07. The van der Waals surface area contributed by atoms with Gasteiger partial charge >= 0.3 is 5.69 Å². The molecule has 2 N–H and O–H groups in total. The highest BCUT2D eigenvalue weighted by molar-refractivity contribution is 5.88. The Bertz CT molecular complexity index is 1190. The van der Waals surface area contributed by atoms with Crippen molar-refractivity contribution in [3.05, 3.63) is 63.1 Å². The fraction of sp³-hybridized carbons (Fsp3) is 0.350. The van der Waals surface area contributed by atoms with E-state index < -0.39 is 17.3 Å². The summed E-state index contributed by atoms with van der Waals surface area (Å²) in [7, 11) is 4.48. The SMILES string of the molecule is CNC(=O)[C@H](NC(=O)CCCn1cnc2c1c(=O)n(C)c(=O)n2C)c1ccccc1. The number of hydrogen-bond donors (Lipinski definition) is 2. The molecule has 0 radical (unpaired) electrons. The maximum Gasteiger partial charge on any atom is 0.332 e. The highest BCUT2D eigenvalue weighted by Gasteiger charge is 2.21. The molecule has 0 aliphatic heterocycles. The van der Waals surface area contributed by atoms with Crippen molar-refractivity contribution in [2.24, 2.45) is 14.1 Å². The molecule has 3 aromatic rings. The van der Waals surface area contributed by atoms with E-state index in [1.807, 2.05) is 6.07 Å². The number of likely N-dealkylation sites (N-methyl/N-ethyl adjacent to an activating group) is 1. The maximum atomic E-state index is 12.5. The van der Waals surface area contributed by atoms with Gasteiger partial charge in [-0.05, 0) is 12.0 Å². The molecule has 3 rings (SSSR count).